The highest BCUT2D eigenvalue weighted by Gasteiger charge is 2.18. The van der Waals surface area contributed by atoms with Crippen LogP contribution in [0, 0.1) is 0 Å². The second kappa shape index (κ2) is 16.5. The van der Waals surface area contributed by atoms with Gasteiger partial charge in [-0.15, -0.1) is 0 Å². The predicted octanol–water partition coefficient (Wildman–Crippen LogP) is 18.9. The predicted molar refractivity (Wildman–Crippen MR) is 292 cm³/mol. The van der Waals surface area contributed by atoms with Gasteiger partial charge in [0.25, 0.3) is 0 Å². The third-order valence-corrected chi connectivity index (χ3v) is 13.7. The molecule has 0 saturated carbocycles. The summed E-state index contributed by atoms with van der Waals surface area (Å²) < 4.78 is 0. The van der Waals surface area contributed by atoms with Gasteiger partial charge in [-0.2, -0.15) is 0 Å². The van der Waals surface area contributed by atoms with Crippen LogP contribution >= 0.6 is 0 Å². The average molecular weight is 865 g/mol. The van der Waals surface area contributed by atoms with Gasteiger partial charge in [-0.1, -0.05) is 170 Å². The van der Waals surface area contributed by atoms with Crippen LogP contribution in [0.2, 0.25) is 0 Å². The van der Waals surface area contributed by atoms with Crippen molar-refractivity contribution in [2.75, 3.05) is 9.80 Å². The number of nitrogens with zero attached hydrogens (tertiary/aromatic N) is 2. The summed E-state index contributed by atoms with van der Waals surface area (Å²) in [7, 11) is 0. The molecule has 0 aliphatic heterocycles. The van der Waals surface area contributed by atoms with Crippen molar-refractivity contribution in [3.05, 3.63) is 267 Å². The van der Waals surface area contributed by atoms with E-state index in [9.17, 15) is 0 Å². The summed E-state index contributed by atoms with van der Waals surface area (Å²) in [6.45, 7) is 0. The summed E-state index contributed by atoms with van der Waals surface area (Å²) in [5.41, 5.74) is 11.5. The highest BCUT2D eigenvalue weighted by atomic mass is 15.1. The van der Waals surface area contributed by atoms with Gasteiger partial charge in [-0.05, 0) is 184 Å². The molecule has 0 saturated heterocycles. The molecule has 0 heterocycles. The molecule has 0 fully saturated rings. The monoisotopic (exact) mass is 864 g/mol. The molecule has 318 valence electrons. The highest BCUT2D eigenvalue weighted by Crippen LogP contribution is 2.45. The first-order valence-corrected chi connectivity index (χ1v) is 23.4. The lowest BCUT2D eigenvalue weighted by Crippen LogP contribution is -2.09. The van der Waals surface area contributed by atoms with Gasteiger partial charge in [0.2, 0.25) is 0 Å². The van der Waals surface area contributed by atoms with Crippen molar-refractivity contribution in [1.82, 2.24) is 0 Å². The molecule has 0 spiro atoms. The summed E-state index contributed by atoms with van der Waals surface area (Å²) in [5.74, 6) is 0. The van der Waals surface area contributed by atoms with Crippen molar-refractivity contribution in [2.24, 2.45) is 0 Å². The minimum Gasteiger partial charge on any atom is -0.310 e. The normalized spacial score (nSPS) is 11.5. The van der Waals surface area contributed by atoms with Crippen LogP contribution in [0.5, 0.6) is 0 Å². The van der Waals surface area contributed by atoms with Gasteiger partial charge in [0, 0.05) is 34.1 Å². The second-order valence-electron chi connectivity index (χ2n) is 17.7. The summed E-state index contributed by atoms with van der Waals surface area (Å²) in [6, 6.07) is 97.4. The summed E-state index contributed by atoms with van der Waals surface area (Å²) in [6.07, 6.45) is 0. The lowest BCUT2D eigenvalue weighted by molar-refractivity contribution is 1.28. The topological polar surface area (TPSA) is 6.48 Å². The molecule has 0 atom stereocenters. The molecule has 0 N–H and O–H groups in total. The number of hydrogen-bond donors (Lipinski definition) is 0. The molecule has 0 bridgehead atoms. The van der Waals surface area contributed by atoms with Crippen molar-refractivity contribution >= 4 is 98.8 Å². The van der Waals surface area contributed by atoms with Crippen LogP contribution in [0.3, 0.4) is 0 Å². The van der Waals surface area contributed by atoms with E-state index >= 15 is 0 Å². The quantitative estimate of drug-likeness (QED) is 0.111. The fraction of sp³-hybridized carbons (Fsp3) is 0. The molecule has 68 heavy (non-hydrogen) atoms. The van der Waals surface area contributed by atoms with Crippen LogP contribution in [0.15, 0.2) is 267 Å². The van der Waals surface area contributed by atoms with Crippen molar-refractivity contribution in [2.45, 2.75) is 0 Å². The zero-order chi connectivity index (χ0) is 45.0. The first-order chi connectivity index (χ1) is 33.7. The largest absolute Gasteiger partial charge is 0.310 e. The number of anilines is 6. The van der Waals surface area contributed by atoms with Crippen molar-refractivity contribution in [3.63, 3.8) is 0 Å². The Kier molecular flexibility index (Phi) is 9.54. The SMILES string of the molecule is c1ccc(N(c2ccccc2)c2cccc(-c3ccc4c(c3)c3ccccc3c3cc5c6ccccc6c6cc(-c7cccc(N(c8ccccc8)c8ccccc8)c7)ccc6c5cc43)c2)cc1. The third kappa shape index (κ3) is 6.73. The molecule has 13 aromatic carbocycles. The molecule has 0 radical (unpaired) electrons. The molecule has 2 nitrogen and oxygen atoms in total. The molecule has 13 aromatic rings. The maximum Gasteiger partial charge on any atom is 0.0467 e. The number of hydrogen-bond acceptors (Lipinski definition) is 2. The van der Waals surface area contributed by atoms with Crippen LogP contribution in [0.1, 0.15) is 0 Å². The molecule has 0 aliphatic carbocycles. The van der Waals surface area contributed by atoms with E-state index in [0.29, 0.717) is 0 Å². The molecule has 0 aromatic heterocycles. The Labute approximate surface area is 395 Å². The van der Waals surface area contributed by atoms with Gasteiger partial charge in [-0.25, -0.2) is 0 Å². The fourth-order valence-corrected chi connectivity index (χ4v) is 10.6. The van der Waals surface area contributed by atoms with Gasteiger partial charge in [0.15, 0.2) is 0 Å². The lowest BCUT2D eigenvalue weighted by Gasteiger charge is -2.26. The number of fused-ring (bicyclic) bond motifs is 12. The van der Waals surface area contributed by atoms with E-state index < -0.39 is 0 Å². The molecular formula is C66H44N2. The minimum atomic E-state index is 1.12. The first-order valence-electron chi connectivity index (χ1n) is 23.4. The maximum absolute atomic E-state index is 2.48. The Morgan fingerprint density at radius 3 is 0.721 bits per heavy atom. The number of rotatable bonds is 8. The highest BCUT2D eigenvalue weighted by molar-refractivity contribution is 6.33. The Balaban J connectivity index is 0.973. The third-order valence-electron chi connectivity index (χ3n) is 13.7. The van der Waals surface area contributed by atoms with Gasteiger partial charge < -0.3 is 9.80 Å². The zero-order valence-electron chi connectivity index (χ0n) is 37.3. The minimum absolute atomic E-state index is 1.12. The fourth-order valence-electron chi connectivity index (χ4n) is 10.6. The van der Waals surface area contributed by atoms with Crippen molar-refractivity contribution in [1.29, 1.82) is 0 Å². The number of para-hydroxylation sites is 4. The standard InChI is InChI=1S/C66H44N2/c1-5-21-49(22-6-1)67(50-23-7-2-8-24-50)53-29-17-19-45(39-53)47-35-37-59-61(41-47)55-31-13-15-33-57(55)63-43-64-58-34-16-14-32-56(58)62-42-48(36-38-60(62)66(64)44-65(59)63)46-20-18-30-54(40-46)68(51-25-9-3-10-26-51)52-27-11-4-12-28-52/h1-44H. The summed E-state index contributed by atoms with van der Waals surface area (Å²) in [4.78, 5) is 4.66. The van der Waals surface area contributed by atoms with Gasteiger partial charge in [0.05, 0.1) is 0 Å². The van der Waals surface area contributed by atoms with E-state index in [0.717, 1.165) is 34.1 Å². The van der Waals surface area contributed by atoms with E-state index in [4.69, 9.17) is 0 Å². The van der Waals surface area contributed by atoms with Crippen LogP contribution in [-0.4, -0.2) is 0 Å². The number of benzene rings is 13. The van der Waals surface area contributed by atoms with Crippen LogP contribution in [0.4, 0.5) is 34.1 Å². The zero-order valence-corrected chi connectivity index (χ0v) is 37.3. The van der Waals surface area contributed by atoms with Crippen molar-refractivity contribution < 1.29 is 0 Å². The Morgan fingerprint density at radius 2 is 0.397 bits per heavy atom. The maximum atomic E-state index is 2.48. The van der Waals surface area contributed by atoms with E-state index in [2.05, 4.69) is 277 Å². The van der Waals surface area contributed by atoms with Crippen LogP contribution < -0.4 is 9.80 Å². The Hall–Kier alpha value is -8.98. The van der Waals surface area contributed by atoms with E-state index in [1.807, 2.05) is 0 Å². The Bertz CT molecular complexity index is 3680. The molecular weight excluding hydrogens is 821 g/mol. The Morgan fingerprint density at radius 1 is 0.147 bits per heavy atom. The second-order valence-corrected chi connectivity index (χ2v) is 17.7. The summed E-state index contributed by atoms with van der Waals surface area (Å²) in [5, 5.41) is 15.2. The molecule has 13 rings (SSSR count). The van der Waals surface area contributed by atoms with Gasteiger partial charge in [0.1, 0.15) is 0 Å². The van der Waals surface area contributed by atoms with E-state index in [-0.39, 0.29) is 0 Å². The van der Waals surface area contributed by atoms with E-state index in [1.165, 1.54) is 86.9 Å². The molecule has 2 heteroatoms. The average Bonchev–Trinajstić information content (AvgIpc) is 3.42. The first kappa shape index (κ1) is 39.4. The molecule has 0 aliphatic rings. The molecule has 0 unspecified atom stereocenters. The smallest absolute Gasteiger partial charge is 0.0467 e. The van der Waals surface area contributed by atoms with Crippen LogP contribution in [-0.2, 0) is 0 Å². The van der Waals surface area contributed by atoms with Gasteiger partial charge >= 0.3 is 0 Å². The summed E-state index contributed by atoms with van der Waals surface area (Å²) >= 11 is 0. The molecule has 0 amide bonds. The lowest BCUT2D eigenvalue weighted by atomic mass is 9.87. The van der Waals surface area contributed by atoms with Crippen LogP contribution in [0.25, 0.3) is 86.9 Å². The van der Waals surface area contributed by atoms with Gasteiger partial charge in [-0.3, -0.25) is 0 Å². The van der Waals surface area contributed by atoms with E-state index in [1.54, 1.807) is 0 Å². The van der Waals surface area contributed by atoms with Crippen molar-refractivity contribution in [3.8, 4) is 22.3 Å².